The van der Waals surface area contributed by atoms with Crippen molar-refractivity contribution >= 4 is 11.7 Å². The number of Topliss-reactive ketones (excluding diaryl/α,β-unsaturated/α-hetero) is 1. The number of rotatable bonds is 2. The Morgan fingerprint density at radius 2 is 2.12 bits per heavy atom. The van der Waals surface area contributed by atoms with Crippen LogP contribution in [-0.4, -0.2) is 42.2 Å². The summed E-state index contributed by atoms with van der Waals surface area (Å²) in [5.41, 5.74) is 0. The minimum Gasteiger partial charge on any atom is -0.378 e. The predicted octanol–water partition coefficient (Wildman–Crippen LogP) is 0.743. The molecular weight excluding hydrogens is 222 g/mol. The first-order valence-electron chi connectivity index (χ1n) is 6.03. The third-order valence-electron chi connectivity index (χ3n) is 3.33. The molecule has 1 aromatic rings. The molecule has 1 aliphatic carbocycles. The van der Waals surface area contributed by atoms with Crippen LogP contribution in [0.1, 0.15) is 31.1 Å². The Kier molecular flexibility index (Phi) is 2.80. The van der Waals surface area contributed by atoms with Crippen molar-refractivity contribution < 1.29 is 14.1 Å². The summed E-state index contributed by atoms with van der Waals surface area (Å²) < 4.78 is 10.5. The summed E-state index contributed by atoms with van der Waals surface area (Å²) in [6.07, 6.45) is 2.41. The Balaban J connectivity index is 1.75. The normalized spacial score (nSPS) is 25.5. The lowest BCUT2D eigenvalue weighted by atomic mass is 10.1. The molecule has 0 aromatic carbocycles. The molecule has 1 saturated carbocycles. The fourth-order valence-corrected chi connectivity index (χ4v) is 2.34. The molecule has 1 aromatic heterocycles. The van der Waals surface area contributed by atoms with Gasteiger partial charge in [0.25, 0.3) is 5.95 Å². The zero-order valence-corrected chi connectivity index (χ0v) is 9.59. The number of carbonyl (C=O) groups is 1. The van der Waals surface area contributed by atoms with Crippen LogP contribution in [0.4, 0.5) is 5.95 Å². The Morgan fingerprint density at radius 3 is 2.82 bits per heavy atom. The number of hydrogen-bond acceptors (Lipinski definition) is 6. The minimum absolute atomic E-state index is 0.169. The molecule has 6 nitrogen and oxygen atoms in total. The van der Waals surface area contributed by atoms with Crippen molar-refractivity contribution in [2.45, 2.75) is 25.2 Å². The molecule has 17 heavy (non-hydrogen) atoms. The van der Waals surface area contributed by atoms with Gasteiger partial charge in [-0.2, -0.15) is 4.98 Å². The molecule has 6 heteroatoms. The van der Waals surface area contributed by atoms with E-state index in [1.165, 1.54) is 0 Å². The first-order chi connectivity index (χ1) is 8.34. The van der Waals surface area contributed by atoms with Crippen LogP contribution >= 0.6 is 0 Å². The van der Waals surface area contributed by atoms with Gasteiger partial charge in [-0.15, -0.1) is 0 Å². The number of morpholine rings is 1. The summed E-state index contributed by atoms with van der Waals surface area (Å²) >= 11 is 0. The molecule has 3 rings (SSSR count). The van der Waals surface area contributed by atoms with E-state index in [4.69, 9.17) is 9.26 Å². The molecule has 2 heterocycles. The number of anilines is 1. The van der Waals surface area contributed by atoms with E-state index in [9.17, 15) is 4.79 Å². The first kappa shape index (κ1) is 10.7. The molecular formula is C11H15N3O3. The van der Waals surface area contributed by atoms with Crippen molar-refractivity contribution in [2.24, 2.45) is 0 Å². The van der Waals surface area contributed by atoms with Gasteiger partial charge in [-0.3, -0.25) is 4.79 Å². The maximum atomic E-state index is 11.6. The fraction of sp³-hybridized carbons (Fsp3) is 0.727. The summed E-state index contributed by atoms with van der Waals surface area (Å²) in [6, 6.07) is 0. The molecule has 2 fully saturated rings. The summed E-state index contributed by atoms with van der Waals surface area (Å²) in [6.45, 7) is 2.92. The predicted molar refractivity (Wildman–Crippen MR) is 58.9 cm³/mol. The van der Waals surface area contributed by atoms with Gasteiger partial charge in [0.05, 0.1) is 19.1 Å². The average molecular weight is 237 g/mol. The Morgan fingerprint density at radius 1 is 1.29 bits per heavy atom. The molecule has 92 valence electrons. The van der Waals surface area contributed by atoms with E-state index >= 15 is 0 Å². The van der Waals surface area contributed by atoms with Crippen LogP contribution in [0.25, 0.3) is 0 Å². The monoisotopic (exact) mass is 237 g/mol. The smallest absolute Gasteiger partial charge is 0.266 e. The summed E-state index contributed by atoms with van der Waals surface area (Å²) in [5, 5.41) is 3.95. The summed E-state index contributed by atoms with van der Waals surface area (Å²) in [4.78, 5) is 18.0. The highest BCUT2D eigenvalue weighted by molar-refractivity contribution is 5.86. The maximum absolute atomic E-state index is 11.6. The molecule has 0 radical (unpaired) electrons. The highest BCUT2D eigenvalue weighted by atomic mass is 16.5. The number of carbonyl (C=O) groups excluding carboxylic acids is 1. The fourth-order valence-electron chi connectivity index (χ4n) is 2.34. The second kappa shape index (κ2) is 4.44. The van der Waals surface area contributed by atoms with E-state index in [1.54, 1.807) is 0 Å². The highest BCUT2D eigenvalue weighted by Gasteiger charge is 2.31. The number of ketones is 1. The first-order valence-corrected chi connectivity index (χ1v) is 6.03. The molecule has 0 spiro atoms. The quantitative estimate of drug-likeness (QED) is 0.755. The summed E-state index contributed by atoms with van der Waals surface area (Å²) in [5.74, 6) is 1.12. The van der Waals surface area contributed by atoms with Crippen LogP contribution in [0.3, 0.4) is 0 Å². The van der Waals surface area contributed by atoms with Gasteiger partial charge in [0.1, 0.15) is 5.78 Å². The van der Waals surface area contributed by atoms with Crippen LogP contribution in [0.5, 0.6) is 0 Å². The number of nitrogens with zero attached hydrogens (tertiary/aromatic N) is 3. The molecule has 0 bridgehead atoms. The van der Waals surface area contributed by atoms with Gasteiger partial charge in [-0.05, 0) is 18.0 Å². The number of aromatic nitrogens is 2. The van der Waals surface area contributed by atoms with Gasteiger partial charge in [0, 0.05) is 19.5 Å². The zero-order valence-electron chi connectivity index (χ0n) is 9.59. The standard InChI is InChI=1S/C11H15N3O3/c15-9-3-1-2-8(9)10-12-11(13-17-10)14-4-6-16-7-5-14/h8H,1-7H2. The van der Waals surface area contributed by atoms with Crippen molar-refractivity contribution in [1.29, 1.82) is 0 Å². The van der Waals surface area contributed by atoms with E-state index in [0.717, 1.165) is 25.9 Å². The average Bonchev–Trinajstić information content (AvgIpc) is 2.98. The Hall–Kier alpha value is -1.43. The molecule has 2 aliphatic rings. The lowest BCUT2D eigenvalue weighted by Gasteiger charge is -2.24. The molecule has 1 unspecified atom stereocenters. The minimum atomic E-state index is -0.169. The zero-order chi connectivity index (χ0) is 11.7. The maximum Gasteiger partial charge on any atom is 0.266 e. The van der Waals surface area contributed by atoms with Crippen LogP contribution < -0.4 is 4.90 Å². The molecule has 1 atom stereocenters. The van der Waals surface area contributed by atoms with E-state index in [1.807, 2.05) is 4.90 Å². The van der Waals surface area contributed by atoms with Crippen molar-refractivity contribution in [3.63, 3.8) is 0 Å². The van der Waals surface area contributed by atoms with Crippen molar-refractivity contribution in [3.05, 3.63) is 5.89 Å². The van der Waals surface area contributed by atoms with Gasteiger partial charge < -0.3 is 14.2 Å². The lowest BCUT2D eigenvalue weighted by Crippen LogP contribution is -2.36. The molecule has 1 saturated heterocycles. The molecule has 0 amide bonds. The summed E-state index contributed by atoms with van der Waals surface area (Å²) in [7, 11) is 0. The van der Waals surface area contributed by atoms with Gasteiger partial charge >= 0.3 is 0 Å². The van der Waals surface area contributed by atoms with Crippen molar-refractivity contribution in [3.8, 4) is 0 Å². The number of ether oxygens (including phenoxy) is 1. The third-order valence-corrected chi connectivity index (χ3v) is 3.33. The van der Waals surface area contributed by atoms with Crippen molar-refractivity contribution in [2.75, 3.05) is 31.2 Å². The molecule has 1 aliphatic heterocycles. The van der Waals surface area contributed by atoms with Crippen LogP contribution in [-0.2, 0) is 9.53 Å². The Labute approximate surface area is 98.9 Å². The van der Waals surface area contributed by atoms with Crippen molar-refractivity contribution in [1.82, 2.24) is 10.1 Å². The second-order valence-electron chi connectivity index (χ2n) is 4.44. The van der Waals surface area contributed by atoms with E-state index in [2.05, 4.69) is 10.1 Å². The van der Waals surface area contributed by atoms with Gasteiger partial charge in [-0.25, -0.2) is 0 Å². The van der Waals surface area contributed by atoms with Crippen LogP contribution in [0.2, 0.25) is 0 Å². The highest BCUT2D eigenvalue weighted by Crippen LogP contribution is 2.30. The lowest BCUT2D eigenvalue weighted by molar-refractivity contribution is -0.119. The topological polar surface area (TPSA) is 68.5 Å². The largest absolute Gasteiger partial charge is 0.378 e. The Bertz CT molecular complexity index is 412. The van der Waals surface area contributed by atoms with E-state index < -0.39 is 0 Å². The third kappa shape index (κ3) is 2.04. The van der Waals surface area contributed by atoms with Gasteiger partial charge in [-0.1, -0.05) is 0 Å². The van der Waals surface area contributed by atoms with Gasteiger partial charge in [0.15, 0.2) is 0 Å². The van der Waals surface area contributed by atoms with E-state index in [0.29, 0.717) is 31.5 Å². The van der Waals surface area contributed by atoms with Crippen LogP contribution in [0.15, 0.2) is 4.52 Å². The molecule has 0 N–H and O–H groups in total. The van der Waals surface area contributed by atoms with Gasteiger partial charge in [0.2, 0.25) is 5.89 Å². The second-order valence-corrected chi connectivity index (χ2v) is 4.44. The van der Waals surface area contributed by atoms with E-state index in [-0.39, 0.29) is 11.7 Å². The SMILES string of the molecule is O=C1CCCC1c1nc(N2CCOCC2)no1. The number of hydrogen-bond donors (Lipinski definition) is 0. The van der Waals surface area contributed by atoms with Crippen LogP contribution in [0, 0.1) is 0 Å².